The maximum absolute atomic E-state index is 12.9. The van der Waals surface area contributed by atoms with Crippen molar-refractivity contribution < 1.29 is 23.4 Å². The third-order valence-electron chi connectivity index (χ3n) is 5.16. The summed E-state index contributed by atoms with van der Waals surface area (Å²) in [6.07, 6.45) is 6.55. The van der Waals surface area contributed by atoms with Gasteiger partial charge in [-0.3, -0.25) is 4.79 Å². The standard InChI is InChI=1S/C20H24N2O5/c1-24-15-6-4-2-3-5-14(15)22-20(23)18-19(27-12-21-18)13-7-8-16-17(11-13)26-10-9-25-16/h7-8,11-12,14-15H,2-6,9-10H2,1H3,(H,22,23)/t14-,15+/m0/s1. The molecule has 1 aliphatic carbocycles. The number of benzene rings is 1. The van der Waals surface area contributed by atoms with E-state index >= 15 is 0 Å². The Labute approximate surface area is 158 Å². The van der Waals surface area contributed by atoms with Crippen LogP contribution in [0.15, 0.2) is 29.0 Å². The second kappa shape index (κ2) is 8.00. The summed E-state index contributed by atoms with van der Waals surface area (Å²) < 4.78 is 22.3. The minimum Gasteiger partial charge on any atom is -0.486 e. The normalized spacial score (nSPS) is 22.1. The zero-order valence-corrected chi connectivity index (χ0v) is 15.4. The Morgan fingerprint density at radius 3 is 2.81 bits per heavy atom. The van der Waals surface area contributed by atoms with Crippen LogP contribution in [0, 0.1) is 0 Å². The molecule has 0 radical (unpaired) electrons. The summed E-state index contributed by atoms with van der Waals surface area (Å²) in [5.74, 6) is 1.51. The molecule has 1 aromatic carbocycles. The van der Waals surface area contributed by atoms with Crippen LogP contribution in [0.3, 0.4) is 0 Å². The van der Waals surface area contributed by atoms with Crippen molar-refractivity contribution in [2.45, 2.75) is 44.2 Å². The molecular formula is C20H24N2O5. The van der Waals surface area contributed by atoms with Gasteiger partial charge < -0.3 is 23.9 Å². The largest absolute Gasteiger partial charge is 0.486 e. The summed E-state index contributed by atoms with van der Waals surface area (Å²) in [5.41, 5.74) is 0.997. The van der Waals surface area contributed by atoms with Crippen molar-refractivity contribution in [2.75, 3.05) is 20.3 Å². The van der Waals surface area contributed by atoms with Crippen LogP contribution in [-0.2, 0) is 4.74 Å². The van der Waals surface area contributed by atoms with Gasteiger partial charge in [-0.25, -0.2) is 4.98 Å². The Morgan fingerprint density at radius 1 is 1.15 bits per heavy atom. The number of hydrogen-bond acceptors (Lipinski definition) is 6. The Bertz CT molecular complexity index is 803. The van der Waals surface area contributed by atoms with Crippen LogP contribution < -0.4 is 14.8 Å². The molecule has 1 aromatic heterocycles. The molecule has 0 bridgehead atoms. The maximum Gasteiger partial charge on any atom is 0.274 e. The number of carbonyl (C=O) groups excluding carboxylic acids is 1. The Kier molecular flexibility index (Phi) is 5.29. The minimum atomic E-state index is -0.248. The molecule has 4 rings (SSSR count). The van der Waals surface area contributed by atoms with Crippen LogP contribution in [0.1, 0.15) is 42.6 Å². The van der Waals surface area contributed by atoms with Gasteiger partial charge in [-0.05, 0) is 31.0 Å². The first-order valence-corrected chi connectivity index (χ1v) is 9.43. The second-order valence-electron chi connectivity index (χ2n) is 6.88. The van der Waals surface area contributed by atoms with Gasteiger partial charge >= 0.3 is 0 Å². The third-order valence-corrected chi connectivity index (χ3v) is 5.16. The molecule has 1 amide bonds. The third kappa shape index (κ3) is 3.78. The molecule has 2 heterocycles. The number of rotatable bonds is 4. The van der Waals surface area contributed by atoms with E-state index in [4.69, 9.17) is 18.6 Å². The van der Waals surface area contributed by atoms with E-state index < -0.39 is 0 Å². The molecule has 2 atom stereocenters. The van der Waals surface area contributed by atoms with E-state index in [2.05, 4.69) is 10.3 Å². The number of nitrogens with zero attached hydrogens (tertiary/aromatic N) is 1. The molecule has 2 aromatic rings. The first kappa shape index (κ1) is 17.9. The van der Waals surface area contributed by atoms with Gasteiger partial charge in [0.2, 0.25) is 0 Å². The molecule has 144 valence electrons. The average Bonchev–Trinajstić information content (AvgIpc) is 3.09. The molecule has 1 fully saturated rings. The first-order valence-electron chi connectivity index (χ1n) is 9.43. The lowest BCUT2D eigenvalue weighted by Crippen LogP contribution is -2.43. The summed E-state index contributed by atoms with van der Waals surface area (Å²) in [4.78, 5) is 17.0. The highest BCUT2D eigenvalue weighted by molar-refractivity contribution is 5.98. The van der Waals surface area contributed by atoms with E-state index in [-0.39, 0.29) is 23.7 Å². The smallest absolute Gasteiger partial charge is 0.274 e. The highest BCUT2D eigenvalue weighted by atomic mass is 16.6. The van der Waals surface area contributed by atoms with E-state index in [0.717, 1.165) is 31.2 Å². The lowest BCUT2D eigenvalue weighted by atomic mass is 10.0. The van der Waals surface area contributed by atoms with Crippen molar-refractivity contribution in [2.24, 2.45) is 0 Å². The SMILES string of the molecule is CO[C@@H]1CCCCC[C@@H]1NC(=O)c1ncoc1-c1ccc2c(c1)OCCO2. The van der Waals surface area contributed by atoms with Crippen LogP contribution in [0.25, 0.3) is 11.3 Å². The molecule has 7 nitrogen and oxygen atoms in total. The van der Waals surface area contributed by atoms with Crippen molar-refractivity contribution in [1.29, 1.82) is 0 Å². The highest BCUT2D eigenvalue weighted by Gasteiger charge is 2.28. The Morgan fingerprint density at radius 2 is 1.96 bits per heavy atom. The summed E-state index contributed by atoms with van der Waals surface area (Å²) in [6, 6.07) is 5.46. The predicted molar refractivity (Wildman–Crippen MR) is 98.1 cm³/mol. The van der Waals surface area contributed by atoms with Gasteiger partial charge in [0.25, 0.3) is 5.91 Å². The highest BCUT2D eigenvalue weighted by Crippen LogP contribution is 2.35. The molecular weight excluding hydrogens is 348 g/mol. The molecule has 27 heavy (non-hydrogen) atoms. The van der Waals surface area contributed by atoms with Gasteiger partial charge in [0.15, 0.2) is 29.3 Å². The van der Waals surface area contributed by atoms with E-state index in [1.54, 1.807) is 7.11 Å². The minimum absolute atomic E-state index is 0.0187. The molecule has 7 heteroatoms. The monoisotopic (exact) mass is 372 g/mol. The van der Waals surface area contributed by atoms with E-state index in [1.807, 2.05) is 18.2 Å². The Hall–Kier alpha value is -2.54. The van der Waals surface area contributed by atoms with Crippen LogP contribution >= 0.6 is 0 Å². The van der Waals surface area contributed by atoms with Gasteiger partial charge in [-0.15, -0.1) is 0 Å². The van der Waals surface area contributed by atoms with Crippen molar-refractivity contribution in [1.82, 2.24) is 10.3 Å². The van der Waals surface area contributed by atoms with Gasteiger partial charge in [-0.1, -0.05) is 19.3 Å². The van der Waals surface area contributed by atoms with Crippen molar-refractivity contribution in [3.8, 4) is 22.8 Å². The fourth-order valence-electron chi connectivity index (χ4n) is 3.75. The van der Waals surface area contributed by atoms with E-state index in [9.17, 15) is 4.79 Å². The summed E-state index contributed by atoms with van der Waals surface area (Å²) in [6.45, 7) is 1.03. The zero-order chi connectivity index (χ0) is 18.6. The molecule has 0 unspecified atom stereocenters. The van der Waals surface area contributed by atoms with Gasteiger partial charge in [0.05, 0.1) is 12.1 Å². The number of amides is 1. The summed E-state index contributed by atoms with van der Waals surface area (Å²) in [5, 5.41) is 3.09. The van der Waals surface area contributed by atoms with Crippen LogP contribution in [0.5, 0.6) is 11.5 Å². The van der Waals surface area contributed by atoms with E-state index in [1.165, 1.54) is 12.8 Å². The maximum atomic E-state index is 12.9. The molecule has 0 saturated heterocycles. The van der Waals surface area contributed by atoms with Crippen molar-refractivity contribution >= 4 is 5.91 Å². The van der Waals surface area contributed by atoms with Crippen molar-refractivity contribution in [3.63, 3.8) is 0 Å². The quantitative estimate of drug-likeness (QED) is 0.830. The fourth-order valence-corrected chi connectivity index (χ4v) is 3.75. The average molecular weight is 372 g/mol. The molecule has 1 N–H and O–H groups in total. The molecule has 1 aliphatic heterocycles. The second-order valence-corrected chi connectivity index (χ2v) is 6.88. The van der Waals surface area contributed by atoms with Gasteiger partial charge in [-0.2, -0.15) is 0 Å². The summed E-state index contributed by atoms with van der Waals surface area (Å²) >= 11 is 0. The number of nitrogens with one attached hydrogen (secondary N) is 1. The van der Waals surface area contributed by atoms with Gasteiger partial charge in [0, 0.05) is 12.7 Å². The number of fused-ring (bicyclic) bond motifs is 1. The van der Waals surface area contributed by atoms with Gasteiger partial charge in [0.1, 0.15) is 13.2 Å². The first-order chi connectivity index (χ1) is 13.3. The zero-order valence-electron chi connectivity index (χ0n) is 15.4. The molecule has 2 aliphatic rings. The molecule has 1 saturated carbocycles. The number of hydrogen-bond donors (Lipinski definition) is 1. The topological polar surface area (TPSA) is 82.8 Å². The van der Waals surface area contributed by atoms with Crippen molar-refractivity contribution in [3.05, 3.63) is 30.3 Å². The fraction of sp³-hybridized carbons (Fsp3) is 0.500. The summed E-state index contributed by atoms with van der Waals surface area (Å²) in [7, 11) is 1.70. The number of methoxy groups -OCH3 is 1. The predicted octanol–water partition coefficient (Wildman–Crippen LogP) is 3.19. The van der Waals surface area contributed by atoms with Crippen LogP contribution in [-0.4, -0.2) is 43.4 Å². The number of carbonyl (C=O) groups is 1. The van der Waals surface area contributed by atoms with E-state index in [0.29, 0.717) is 30.5 Å². The molecule has 0 spiro atoms. The lowest BCUT2D eigenvalue weighted by Gasteiger charge is -2.24. The lowest BCUT2D eigenvalue weighted by molar-refractivity contribution is 0.0566. The number of aromatic nitrogens is 1. The van der Waals surface area contributed by atoms with Crippen LogP contribution in [0.2, 0.25) is 0 Å². The van der Waals surface area contributed by atoms with Crippen LogP contribution in [0.4, 0.5) is 0 Å². The Balaban J connectivity index is 1.55. The number of oxazole rings is 1. The number of ether oxygens (including phenoxy) is 3.